The minimum Gasteiger partial charge on any atom is -0.469 e. The molecule has 1 aliphatic heterocycles. The highest BCUT2D eigenvalue weighted by Gasteiger charge is 2.43. The fourth-order valence-corrected chi connectivity index (χ4v) is 1.88. The van der Waals surface area contributed by atoms with E-state index in [0.29, 0.717) is 12.8 Å². The molecule has 0 aromatic heterocycles. The molecule has 4 nitrogen and oxygen atoms in total. The molecule has 0 bridgehead atoms. The van der Waals surface area contributed by atoms with Gasteiger partial charge in [-0.15, -0.1) is 0 Å². The van der Waals surface area contributed by atoms with Crippen molar-refractivity contribution in [2.75, 3.05) is 7.11 Å². The molecule has 0 spiro atoms. The standard InChI is InChI=1S/C11H18O4/c1-11(2,3)9-7(10(13)14-4)5-6-8(12)15-9/h7,9H,5-6H2,1-4H3/t7-,9+/m0/s1. The van der Waals surface area contributed by atoms with Crippen LogP contribution in [0.1, 0.15) is 33.6 Å². The van der Waals surface area contributed by atoms with Crippen molar-refractivity contribution < 1.29 is 19.1 Å². The molecule has 4 heteroatoms. The summed E-state index contributed by atoms with van der Waals surface area (Å²) in [6.07, 6.45) is 0.436. The Hall–Kier alpha value is -1.06. The number of hydrogen-bond donors (Lipinski definition) is 0. The lowest BCUT2D eigenvalue weighted by Gasteiger charge is -2.37. The van der Waals surface area contributed by atoms with Crippen molar-refractivity contribution in [2.24, 2.45) is 11.3 Å². The first kappa shape index (κ1) is 12.0. The van der Waals surface area contributed by atoms with E-state index in [4.69, 9.17) is 9.47 Å². The molecule has 0 radical (unpaired) electrons. The van der Waals surface area contributed by atoms with E-state index < -0.39 is 0 Å². The lowest BCUT2D eigenvalue weighted by Crippen LogP contribution is -2.45. The highest BCUT2D eigenvalue weighted by molar-refractivity contribution is 5.77. The molecule has 1 fully saturated rings. The molecule has 0 N–H and O–H groups in total. The number of hydrogen-bond acceptors (Lipinski definition) is 4. The maximum Gasteiger partial charge on any atom is 0.312 e. The molecule has 1 saturated heterocycles. The van der Waals surface area contributed by atoms with Crippen LogP contribution in [0.4, 0.5) is 0 Å². The zero-order valence-corrected chi connectivity index (χ0v) is 9.70. The predicted octanol–water partition coefficient (Wildman–Crippen LogP) is 1.53. The fourth-order valence-electron chi connectivity index (χ4n) is 1.88. The van der Waals surface area contributed by atoms with Gasteiger partial charge in [-0.3, -0.25) is 9.59 Å². The average Bonchev–Trinajstić information content (AvgIpc) is 2.15. The second-order valence-corrected chi connectivity index (χ2v) is 4.94. The molecule has 2 atom stereocenters. The van der Waals surface area contributed by atoms with Crippen LogP contribution in [-0.4, -0.2) is 25.2 Å². The molecule has 1 heterocycles. The highest BCUT2D eigenvalue weighted by Crippen LogP contribution is 2.35. The molecule has 0 aromatic carbocycles. The van der Waals surface area contributed by atoms with Gasteiger partial charge in [0, 0.05) is 6.42 Å². The molecule has 15 heavy (non-hydrogen) atoms. The Morgan fingerprint density at radius 1 is 1.47 bits per heavy atom. The molecular formula is C11H18O4. The maximum atomic E-state index is 11.5. The highest BCUT2D eigenvalue weighted by atomic mass is 16.6. The van der Waals surface area contributed by atoms with Gasteiger partial charge in [-0.25, -0.2) is 0 Å². The first-order chi connectivity index (χ1) is 6.86. The first-order valence-corrected chi connectivity index (χ1v) is 5.13. The number of cyclic esters (lactones) is 1. The van der Waals surface area contributed by atoms with Gasteiger partial charge in [-0.1, -0.05) is 20.8 Å². The number of rotatable bonds is 1. The van der Waals surface area contributed by atoms with Gasteiger partial charge in [0.15, 0.2) is 0 Å². The second-order valence-electron chi connectivity index (χ2n) is 4.94. The third-order valence-corrected chi connectivity index (χ3v) is 2.64. The number of carbonyl (C=O) groups is 2. The van der Waals surface area contributed by atoms with Crippen LogP contribution in [-0.2, 0) is 19.1 Å². The number of methoxy groups -OCH3 is 1. The van der Waals surface area contributed by atoms with Crippen LogP contribution in [0.15, 0.2) is 0 Å². The van der Waals surface area contributed by atoms with Crippen LogP contribution in [0.5, 0.6) is 0 Å². The van der Waals surface area contributed by atoms with Gasteiger partial charge in [0.2, 0.25) is 0 Å². The summed E-state index contributed by atoms with van der Waals surface area (Å²) in [7, 11) is 1.36. The summed E-state index contributed by atoms with van der Waals surface area (Å²) < 4.78 is 9.97. The Bertz CT molecular complexity index is 264. The molecule has 1 rings (SSSR count). The van der Waals surface area contributed by atoms with Crippen molar-refractivity contribution in [3.63, 3.8) is 0 Å². The summed E-state index contributed by atoms with van der Waals surface area (Å²) in [5.41, 5.74) is -0.241. The van der Waals surface area contributed by atoms with Gasteiger partial charge < -0.3 is 9.47 Å². The van der Waals surface area contributed by atoms with Crippen molar-refractivity contribution in [1.82, 2.24) is 0 Å². The van der Waals surface area contributed by atoms with Gasteiger partial charge in [0.1, 0.15) is 6.10 Å². The van der Waals surface area contributed by atoms with Crippen LogP contribution >= 0.6 is 0 Å². The van der Waals surface area contributed by atoms with Crippen LogP contribution < -0.4 is 0 Å². The van der Waals surface area contributed by atoms with Gasteiger partial charge in [-0.2, -0.15) is 0 Å². The first-order valence-electron chi connectivity index (χ1n) is 5.13. The van der Waals surface area contributed by atoms with E-state index in [-0.39, 0.29) is 29.4 Å². The van der Waals surface area contributed by atoms with Crippen molar-refractivity contribution in [3.05, 3.63) is 0 Å². The minimum atomic E-state index is -0.383. The second kappa shape index (κ2) is 4.21. The topological polar surface area (TPSA) is 52.6 Å². The van der Waals surface area contributed by atoms with Crippen LogP contribution in [0.25, 0.3) is 0 Å². The fraction of sp³-hybridized carbons (Fsp3) is 0.818. The van der Waals surface area contributed by atoms with Crippen LogP contribution in [0.2, 0.25) is 0 Å². The van der Waals surface area contributed by atoms with Gasteiger partial charge >= 0.3 is 11.9 Å². The third kappa shape index (κ3) is 2.70. The summed E-state index contributed by atoms with van der Waals surface area (Å²) >= 11 is 0. The van der Waals surface area contributed by atoms with E-state index in [0.717, 1.165) is 0 Å². The molecule has 0 aliphatic carbocycles. The van der Waals surface area contributed by atoms with Crippen molar-refractivity contribution in [3.8, 4) is 0 Å². The smallest absolute Gasteiger partial charge is 0.312 e. The Labute approximate surface area is 89.9 Å². The number of ether oxygens (including phenoxy) is 2. The molecule has 0 unspecified atom stereocenters. The number of carbonyl (C=O) groups excluding carboxylic acids is 2. The zero-order chi connectivity index (χ0) is 11.6. The summed E-state index contributed by atoms with van der Waals surface area (Å²) in [6, 6.07) is 0. The molecule has 0 amide bonds. The Morgan fingerprint density at radius 2 is 2.07 bits per heavy atom. The Kier molecular flexibility index (Phi) is 3.37. The van der Waals surface area contributed by atoms with E-state index in [9.17, 15) is 9.59 Å². The summed E-state index contributed by atoms with van der Waals surface area (Å²) in [5, 5.41) is 0. The molecular weight excluding hydrogens is 196 g/mol. The number of esters is 2. The lowest BCUT2D eigenvalue weighted by atomic mass is 9.78. The van der Waals surface area contributed by atoms with E-state index in [1.165, 1.54) is 7.11 Å². The summed E-state index contributed by atoms with van der Waals surface area (Å²) in [6.45, 7) is 5.85. The van der Waals surface area contributed by atoms with Crippen molar-refractivity contribution in [2.45, 2.75) is 39.7 Å². The third-order valence-electron chi connectivity index (χ3n) is 2.64. The van der Waals surface area contributed by atoms with E-state index in [1.54, 1.807) is 0 Å². The quantitative estimate of drug-likeness (QED) is 0.621. The summed E-state index contributed by atoms with van der Waals surface area (Å²) in [4.78, 5) is 22.7. The van der Waals surface area contributed by atoms with Gasteiger partial charge in [0.25, 0.3) is 0 Å². The summed E-state index contributed by atoms with van der Waals surface area (Å²) in [5.74, 6) is -0.842. The average molecular weight is 214 g/mol. The molecule has 1 aliphatic rings. The maximum absolute atomic E-state index is 11.5. The SMILES string of the molecule is COC(=O)[C@H]1CCC(=O)O[C@H]1C(C)(C)C. The lowest BCUT2D eigenvalue weighted by molar-refractivity contribution is -0.176. The minimum absolute atomic E-state index is 0.227. The largest absolute Gasteiger partial charge is 0.469 e. The van der Waals surface area contributed by atoms with Gasteiger partial charge in [-0.05, 0) is 11.8 Å². The normalized spacial score (nSPS) is 27.1. The molecule has 0 saturated carbocycles. The van der Waals surface area contributed by atoms with Crippen LogP contribution in [0.3, 0.4) is 0 Å². The van der Waals surface area contributed by atoms with Gasteiger partial charge in [0.05, 0.1) is 13.0 Å². The Morgan fingerprint density at radius 3 is 2.53 bits per heavy atom. The van der Waals surface area contributed by atoms with Crippen molar-refractivity contribution in [1.29, 1.82) is 0 Å². The molecule has 86 valence electrons. The van der Waals surface area contributed by atoms with E-state index in [1.807, 2.05) is 20.8 Å². The predicted molar refractivity (Wildman–Crippen MR) is 54.1 cm³/mol. The van der Waals surface area contributed by atoms with Crippen LogP contribution in [0, 0.1) is 11.3 Å². The van der Waals surface area contributed by atoms with E-state index in [2.05, 4.69) is 0 Å². The van der Waals surface area contributed by atoms with E-state index >= 15 is 0 Å². The van der Waals surface area contributed by atoms with Crippen molar-refractivity contribution >= 4 is 11.9 Å². The monoisotopic (exact) mass is 214 g/mol. The Balaban J connectivity index is 2.84. The molecule has 0 aromatic rings. The zero-order valence-electron chi connectivity index (χ0n) is 9.70.